The minimum absolute atomic E-state index is 0.0941. The number of benzene rings is 3. The summed E-state index contributed by atoms with van der Waals surface area (Å²) in [6.07, 6.45) is 3.10. The molecular weight excluding hydrogens is 606 g/mol. The molecule has 44 heavy (non-hydrogen) atoms. The number of unbranched alkanes of at least 4 members (excludes halogenated alkanes) is 1. The van der Waals surface area contributed by atoms with Gasteiger partial charge in [-0.3, -0.25) is 24.1 Å². The van der Waals surface area contributed by atoms with E-state index in [1.807, 2.05) is 26.0 Å². The molecule has 0 bridgehead atoms. The number of aryl methyl sites for hydroxylation is 1. The van der Waals surface area contributed by atoms with E-state index in [0.29, 0.717) is 23.4 Å². The lowest BCUT2D eigenvalue weighted by atomic mass is 10.2. The highest BCUT2D eigenvalue weighted by atomic mass is 35.5. The van der Waals surface area contributed by atoms with Crippen LogP contribution in [0.5, 0.6) is 5.75 Å². The van der Waals surface area contributed by atoms with Crippen molar-refractivity contribution in [1.29, 1.82) is 0 Å². The summed E-state index contributed by atoms with van der Waals surface area (Å²) in [6.45, 7) is 3.47. The van der Waals surface area contributed by atoms with Crippen molar-refractivity contribution in [3.63, 3.8) is 0 Å². The molecule has 0 aromatic heterocycles. The van der Waals surface area contributed by atoms with Gasteiger partial charge >= 0.3 is 5.97 Å². The van der Waals surface area contributed by atoms with Crippen LogP contribution in [-0.2, 0) is 19.1 Å². The quantitative estimate of drug-likeness (QED) is 0.135. The van der Waals surface area contributed by atoms with Crippen molar-refractivity contribution < 1.29 is 33.4 Å². The maximum Gasteiger partial charge on any atom is 0.339 e. The maximum atomic E-state index is 12.9. The first-order valence-corrected chi connectivity index (χ1v) is 14.9. The molecule has 3 aromatic rings. The van der Waals surface area contributed by atoms with E-state index in [0.717, 1.165) is 28.6 Å². The third-order valence-electron chi connectivity index (χ3n) is 6.26. The van der Waals surface area contributed by atoms with Gasteiger partial charge in [-0.2, -0.15) is 0 Å². The molecule has 1 heterocycles. The molecule has 1 saturated heterocycles. The fraction of sp³-hybridized carbons (Fsp3) is 0.219. The van der Waals surface area contributed by atoms with E-state index in [9.17, 15) is 24.0 Å². The molecule has 3 aromatic carbocycles. The van der Waals surface area contributed by atoms with Crippen LogP contribution in [0.2, 0.25) is 5.02 Å². The molecule has 1 fully saturated rings. The van der Waals surface area contributed by atoms with Crippen LogP contribution in [0.25, 0.3) is 6.08 Å². The van der Waals surface area contributed by atoms with Crippen LogP contribution in [-0.4, -0.2) is 53.6 Å². The Kier molecular flexibility index (Phi) is 11.2. The molecule has 0 radical (unpaired) electrons. The van der Waals surface area contributed by atoms with Crippen LogP contribution in [0.4, 0.5) is 16.2 Å². The van der Waals surface area contributed by atoms with E-state index in [1.165, 1.54) is 24.3 Å². The number of hydrogen-bond acceptors (Lipinski definition) is 8. The summed E-state index contributed by atoms with van der Waals surface area (Å²) in [7, 11) is 0. The number of amides is 4. The number of ether oxygens (including phenoxy) is 2. The van der Waals surface area contributed by atoms with Crippen molar-refractivity contribution >= 4 is 69.7 Å². The van der Waals surface area contributed by atoms with E-state index in [4.69, 9.17) is 21.1 Å². The van der Waals surface area contributed by atoms with Gasteiger partial charge in [0.1, 0.15) is 12.3 Å². The summed E-state index contributed by atoms with van der Waals surface area (Å²) >= 11 is 6.84. The summed E-state index contributed by atoms with van der Waals surface area (Å²) < 4.78 is 10.7. The summed E-state index contributed by atoms with van der Waals surface area (Å²) in [5.41, 5.74) is 2.73. The van der Waals surface area contributed by atoms with Crippen LogP contribution < -0.4 is 15.4 Å². The van der Waals surface area contributed by atoms with Gasteiger partial charge in [-0.25, -0.2) is 4.79 Å². The first kappa shape index (κ1) is 32.3. The van der Waals surface area contributed by atoms with Gasteiger partial charge in [-0.1, -0.05) is 54.8 Å². The summed E-state index contributed by atoms with van der Waals surface area (Å²) in [5.74, 6) is -1.71. The van der Waals surface area contributed by atoms with Crippen LogP contribution in [0.15, 0.2) is 71.6 Å². The summed E-state index contributed by atoms with van der Waals surface area (Å²) in [6, 6.07) is 18.4. The van der Waals surface area contributed by atoms with E-state index in [-0.39, 0.29) is 40.3 Å². The SMILES string of the molecule is CCCCOC(=O)c1cc(NC(=O)CN2C(=O)S/C(=C/c3ccc(OCC(=O)Nc4ccc(C)cc4)cc3)C2=O)ccc1Cl. The number of anilines is 2. The van der Waals surface area contributed by atoms with Gasteiger partial charge in [0.05, 0.1) is 22.1 Å². The number of esters is 1. The van der Waals surface area contributed by atoms with E-state index in [1.54, 1.807) is 36.4 Å². The van der Waals surface area contributed by atoms with E-state index < -0.39 is 29.6 Å². The molecule has 1 aliphatic rings. The average molecular weight is 636 g/mol. The maximum absolute atomic E-state index is 12.9. The fourth-order valence-corrected chi connectivity index (χ4v) is 4.95. The van der Waals surface area contributed by atoms with Crippen LogP contribution in [0, 0.1) is 6.92 Å². The molecular formula is C32H30ClN3O7S. The number of thioether (sulfide) groups is 1. The molecule has 0 unspecified atom stereocenters. The van der Waals surface area contributed by atoms with Crippen molar-refractivity contribution in [2.75, 3.05) is 30.4 Å². The number of rotatable bonds is 12. The standard InChI is InChI=1S/C32H30ClN3O7S/c1-3-4-15-42-31(40)25-17-23(11-14-26(25)33)35-28(37)18-36-30(39)27(44-32(36)41)16-21-7-12-24(13-8-21)43-19-29(38)34-22-9-5-20(2)6-10-22/h5-14,16-17H,3-4,15,18-19H2,1-2H3,(H,34,38)(H,35,37)/b27-16+. The summed E-state index contributed by atoms with van der Waals surface area (Å²) in [5, 5.41) is 4.92. The van der Waals surface area contributed by atoms with Gasteiger partial charge in [0, 0.05) is 11.4 Å². The number of carbonyl (C=O) groups excluding carboxylic acids is 5. The number of imide groups is 1. The zero-order valence-electron chi connectivity index (χ0n) is 24.1. The Morgan fingerprint density at radius 3 is 2.32 bits per heavy atom. The minimum Gasteiger partial charge on any atom is -0.484 e. The smallest absolute Gasteiger partial charge is 0.339 e. The van der Waals surface area contributed by atoms with Crippen LogP contribution >= 0.6 is 23.4 Å². The molecule has 0 atom stereocenters. The van der Waals surface area contributed by atoms with Crippen molar-refractivity contribution in [3.05, 3.63) is 93.3 Å². The van der Waals surface area contributed by atoms with Crippen molar-refractivity contribution in [2.24, 2.45) is 0 Å². The molecule has 10 nitrogen and oxygen atoms in total. The van der Waals surface area contributed by atoms with E-state index in [2.05, 4.69) is 10.6 Å². The number of halogens is 1. The molecule has 0 saturated carbocycles. The predicted octanol–water partition coefficient (Wildman–Crippen LogP) is 6.30. The molecule has 0 spiro atoms. The lowest BCUT2D eigenvalue weighted by Crippen LogP contribution is -2.36. The molecule has 0 aliphatic carbocycles. The van der Waals surface area contributed by atoms with Crippen molar-refractivity contribution in [1.82, 2.24) is 4.90 Å². The van der Waals surface area contributed by atoms with Crippen LogP contribution in [0.1, 0.15) is 41.3 Å². The Morgan fingerprint density at radius 2 is 1.61 bits per heavy atom. The minimum atomic E-state index is -0.630. The van der Waals surface area contributed by atoms with Crippen molar-refractivity contribution in [2.45, 2.75) is 26.7 Å². The molecule has 2 N–H and O–H groups in total. The average Bonchev–Trinajstić information content (AvgIpc) is 3.26. The predicted molar refractivity (Wildman–Crippen MR) is 170 cm³/mol. The zero-order chi connectivity index (χ0) is 31.6. The monoisotopic (exact) mass is 635 g/mol. The molecule has 4 rings (SSSR count). The molecule has 4 amide bonds. The van der Waals surface area contributed by atoms with Crippen LogP contribution in [0.3, 0.4) is 0 Å². The fourth-order valence-electron chi connectivity index (χ4n) is 3.92. The molecule has 228 valence electrons. The van der Waals surface area contributed by atoms with Gasteiger partial charge in [0.2, 0.25) is 5.91 Å². The number of hydrogen-bond donors (Lipinski definition) is 2. The topological polar surface area (TPSA) is 131 Å². The Hall–Kier alpha value is -4.61. The Bertz CT molecular complexity index is 1590. The number of nitrogens with one attached hydrogen (secondary N) is 2. The lowest BCUT2D eigenvalue weighted by molar-refractivity contribution is -0.127. The van der Waals surface area contributed by atoms with Gasteiger partial charge in [0.15, 0.2) is 6.61 Å². The van der Waals surface area contributed by atoms with Crippen molar-refractivity contribution in [3.8, 4) is 5.75 Å². The highest BCUT2D eigenvalue weighted by molar-refractivity contribution is 8.18. The Balaban J connectivity index is 1.30. The second-order valence-electron chi connectivity index (χ2n) is 9.77. The first-order chi connectivity index (χ1) is 21.1. The highest BCUT2D eigenvalue weighted by Crippen LogP contribution is 2.32. The summed E-state index contributed by atoms with van der Waals surface area (Å²) in [4.78, 5) is 63.6. The Morgan fingerprint density at radius 1 is 0.932 bits per heavy atom. The highest BCUT2D eigenvalue weighted by Gasteiger charge is 2.36. The third kappa shape index (κ3) is 8.95. The Labute approximate surface area is 263 Å². The van der Waals surface area contributed by atoms with Gasteiger partial charge in [-0.05, 0) is 79.2 Å². The second-order valence-corrected chi connectivity index (χ2v) is 11.2. The molecule has 12 heteroatoms. The second kappa shape index (κ2) is 15.2. The van der Waals surface area contributed by atoms with Gasteiger partial charge < -0.3 is 20.1 Å². The van der Waals surface area contributed by atoms with Gasteiger partial charge in [0.25, 0.3) is 17.1 Å². The largest absolute Gasteiger partial charge is 0.484 e. The van der Waals surface area contributed by atoms with E-state index >= 15 is 0 Å². The number of carbonyl (C=O) groups is 5. The zero-order valence-corrected chi connectivity index (χ0v) is 25.6. The third-order valence-corrected chi connectivity index (χ3v) is 7.50. The number of nitrogens with zero attached hydrogens (tertiary/aromatic N) is 1. The first-order valence-electron chi connectivity index (χ1n) is 13.7. The molecule has 1 aliphatic heterocycles. The van der Waals surface area contributed by atoms with Gasteiger partial charge in [-0.15, -0.1) is 0 Å². The lowest BCUT2D eigenvalue weighted by Gasteiger charge is -2.13. The normalized spacial score (nSPS) is 13.6.